The molecule has 4 aromatic rings. The van der Waals surface area contributed by atoms with Crippen LogP contribution in [-0.2, 0) is 11.8 Å². The zero-order chi connectivity index (χ0) is 20.7. The lowest BCUT2D eigenvalue weighted by Gasteiger charge is -2.10. The van der Waals surface area contributed by atoms with E-state index in [2.05, 4.69) is 5.10 Å². The summed E-state index contributed by atoms with van der Waals surface area (Å²) in [4.78, 5) is 24.4. The maximum atomic E-state index is 13.9. The Kier molecular flexibility index (Phi) is 4.63. The zero-order valence-corrected chi connectivity index (χ0v) is 15.7. The molecule has 2 heterocycles. The lowest BCUT2D eigenvalue weighted by molar-refractivity contribution is 0.430. The van der Waals surface area contributed by atoms with Gasteiger partial charge in [0.2, 0.25) is 6.41 Å². The predicted octanol–water partition coefficient (Wildman–Crippen LogP) is 4.16. The second-order valence-corrected chi connectivity index (χ2v) is 6.57. The molecule has 0 saturated carbocycles. The molecular formula is C20H12ClF2N3O3. The van der Waals surface area contributed by atoms with Crippen LogP contribution in [0.5, 0.6) is 11.5 Å². The maximum Gasteiger partial charge on any atom is 0.293 e. The molecule has 2 aromatic heterocycles. The maximum absolute atomic E-state index is 13.9. The van der Waals surface area contributed by atoms with E-state index < -0.39 is 17.2 Å². The first-order chi connectivity index (χ1) is 13.9. The highest BCUT2D eigenvalue weighted by atomic mass is 35.5. The molecule has 0 spiro atoms. The molecule has 4 rings (SSSR count). The van der Waals surface area contributed by atoms with Crippen LogP contribution in [0, 0.1) is 11.6 Å². The fourth-order valence-corrected chi connectivity index (χ4v) is 3.25. The molecule has 0 aliphatic carbocycles. The standard InChI is InChI=1S/C20H12ClF2N3O3/c1-25-19-15(26(10-27)24-18(19)12-4-2-3-5-13(12)21)9-17(20(25)28)29-16-7-6-11(22)8-14(16)23/h2-10H,1H3. The number of nitrogens with zero attached hydrogens (tertiary/aromatic N) is 3. The van der Waals surface area contributed by atoms with Gasteiger partial charge in [-0.2, -0.15) is 5.10 Å². The van der Waals surface area contributed by atoms with Crippen LogP contribution in [0.1, 0.15) is 0 Å². The van der Waals surface area contributed by atoms with Gasteiger partial charge in [0.15, 0.2) is 17.3 Å². The molecule has 0 radical (unpaired) electrons. The molecule has 29 heavy (non-hydrogen) atoms. The van der Waals surface area contributed by atoms with E-state index in [-0.39, 0.29) is 17.0 Å². The van der Waals surface area contributed by atoms with Gasteiger partial charge in [-0.1, -0.05) is 29.8 Å². The van der Waals surface area contributed by atoms with E-state index in [4.69, 9.17) is 16.3 Å². The van der Waals surface area contributed by atoms with E-state index in [9.17, 15) is 18.4 Å². The highest BCUT2D eigenvalue weighted by Gasteiger charge is 2.21. The average Bonchev–Trinajstić information content (AvgIpc) is 3.06. The van der Waals surface area contributed by atoms with Crippen LogP contribution in [0.15, 0.2) is 53.3 Å². The largest absolute Gasteiger partial charge is 0.448 e. The van der Waals surface area contributed by atoms with Crippen LogP contribution >= 0.6 is 11.6 Å². The van der Waals surface area contributed by atoms with Crippen molar-refractivity contribution in [3.8, 4) is 22.8 Å². The van der Waals surface area contributed by atoms with E-state index in [0.717, 1.165) is 16.8 Å². The quantitative estimate of drug-likeness (QED) is 0.469. The summed E-state index contributed by atoms with van der Waals surface area (Å²) >= 11 is 6.25. The molecule has 0 fully saturated rings. The normalized spacial score (nSPS) is 11.0. The van der Waals surface area contributed by atoms with E-state index in [1.807, 2.05) is 0 Å². The van der Waals surface area contributed by atoms with Crippen molar-refractivity contribution < 1.29 is 18.3 Å². The third-order valence-corrected chi connectivity index (χ3v) is 4.71. The van der Waals surface area contributed by atoms with Crippen LogP contribution < -0.4 is 10.3 Å². The van der Waals surface area contributed by atoms with Crippen molar-refractivity contribution in [2.45, 2.75) is 0 Å². The summed E-state index contributed by atoms with van der Waals surface area (Å²) in [5.74, 6) is -2.32. The monoisotopic (exact) mass is 415 g/mol. The van der Waals surface area contributed by atoms with Gasteiger partial charge < -0.3 is 9.30 Å². The number of hydrogen-bond acceptors (Lipinski definition) is 4. The lowest BCUT2D eigenvalue weighted by Crippen LogP contribution is -2.19. The fraction of sp³-hybridized carbons (Fsp3) is 0.0500. The molecule has 2 aromatic carbocycles. The number of rotatable bonds is 4. The van der Waals surface area contributed by atoms with Crippen molar-refractivity contribution >= 4 is 29.0 Å². The highest BCUT2D eigenvalue weighted by molar-refractivity contribution is 6.33. The molecule has 0 N–H and O–H groups in total. The number of aromatic nitrogens is 3. The third kappa shape index (κ3) is 3.17. The first-order valence-corrected chi connectivity index (χ1v) is 8.74. The summed E-state index contributed by atoms with van der Waals surface area (Å²) in [6, 6.07) is 10.9. The zero-order valence-electron chi connectivity index (χ0n) is 14.9. The second kappa shape index (κ2) is 7.14. The van der Waals surface area contributed by atoms with Gasteiger partial charge in [0.05, 0.1) is 16.1 Å². The minimum absolute atomic E-state index is 0.251. The van der Waals surface area contributed by atoms with Gasteiger partial charge in [-0.25, -0.2) is 13.5 Å². The number of halogens is 3. The van der Waals surface area contributed by atoms with Crippen LogP contribution in [0.2, 0.25) is 5.02 Å². The topological polar surface area (TPSA) is 66.1 Å². The number of fused-ring (bicyclic) bond motifs is 1. The van der Waals surface area contributed by atoms with E-state index in [0.29, 0.717) is 34.3 Å². The van der Waals surface area contributed by atoms with Crippen molar-refractivity contribution in [3.05, 3.63) is 75.5 Å². The molecule has 0 aliphatic heterocycles. The number of benzene rings is 2. The van der Waals surface area contributed by atoms with Crippen LogP contribution in [-0.4, -0.2) is 20.8 Å². The minimum atomic E-state index is -0.965. The molecule has 6 nitrogen and oxygen atoms in total. The number of hydrogen-bond donors (Lipinski definition) is 0. The van der Waals surface area contributed by atoms with Gasteiger partial charge in [-0.15, -0.1) is 0 Å². The predicted molar refractivity (Wildman–Crippen MR) is 104 cm³/mol. The first-order valence-electron chi connectivity index (χ1n) is 8.36. The Labute approximate surface area is 167 Å². The molecule has 9 heteroatoms. The summed E-state index contributed by atoms with van der Waals surface area (Å²) in [7, 11) is 1.47. The highest BCUT2D eigenvalue weighted by Crippen LogP contribution is 2.33. The number of carbonyl (C=O) groups is 1. The van der Waals surface area contributed by atoms with Crippen molar-refractivity contribution in [1.82, 2.24) is 14.3 Å². The van der Waals surface area contributed by atoms with E-state index in [1.54, 1.807) is 24.3 Å². The average molecular weight is 416 g/mol. The summed E-state index contributed by atoms with van der Waals surface area (Å²) in [5.41, 5.74) is 0.876. The van der Waals surface area contributed by atoms with Crippen molar-refractivity contribution in [1.29, 1.82) is 0 Å². The van der Waals surface area contributed by atoms with Gasteiger partial charge in [0.25, 0.3) is 5.56 Å². The van der Waals surface area contributed by atoms with Gasteiger partial charge in [-0.05, 0) is 18.2 Å². The van der Waals surface area contributed by atoms with E-state index >= 15 is 0 Å². The summed E-state index contributed by atoms with van der Waals surface area (Å²) < 4.78 is 34.7. The first kappa shape index (κ1) is 18.8. The SMILES string of the molecule is Cn1c(=O)c(Oc2ccc(F)cc2F)cc2c1c(-c1ccccc1Cl)nn2C=O. The Morgan fingerprint density at radius 1 is 1.10 bits per heavy atom. The van der Waals surface area contributed by atoms with Crippen molar-refractivity contribution in [2.75, 3.05) is 0 Å². The fourth-order valence-electron chi connectivity index (χ4n) is 3.02. The van der Waals surface area contributed by atoms with Crippen LogP contribution in [0.4, 0.5) is 8.78 Å². The smallest absolute Gasteiger partial charge is 0.293 e. The van der Waals surface area contributed by atoms with Gasteiger partial charge in [-0.3, -0.25) is 9.59 Å². The molecule has 0 unspecified atom stereocenters. The van der Waals surface area contributed by atoms with Crippen molar-refractivity contribution in [3.63, 3.8) is 0 Å². The van der Waals surface area contributed by atoms with Gasteiger partial charge in [0, 0.05) is 24.7 Å². The summed E-state index contributed by atoms with van der Waals surface area (Å²) in [5, 5.41) is 4.64. The molecule has 0 bridgehead atoms. The number of carbonyl (C=O) groups excluding carboxylic acids is 1. The van der Waals surface area contributed by atoms with E-state index in [1.165, 1.54) is 17.7 Å². The molecular weight excluding hydrogens is 404 g/mol. The van der Waals surface area contributed by atoms with Crippen LogP contribution in [0.3, 0.4) is 0 Å². The third-order valence-electron chi connectivity index (χ3n) is 4.38. The number of pyridine rings is 1. The summed E-state index contributed by atoms with van der Waals surface area (Å²) in [6.45, 7) is 0. The second-order valence-electron chi connectivity index (χ2n) is 6.16. The molecule has 0 atom stereocenters. The Balaban J connectivity index is 1.95. The minimum Gasteiger partial charge on any atom is -0.448 e. The molecule has 0 aliphatic rings. The summed E-state index contributed by atoms with van der Waals surface area (Å²) in [6.07, 6.45) is 0.468. The molecule has 146 valence electrons. The Morgan fingerprint density at radius 3 is 2.55 bits per heavy atom. The van der Waals surface area contributed by atoms with Gasteiger partial charge in [0.1, 0.15) is 11.5 Å². The Morgan fingerprint density at radius 2 is 1.86 bits per heavy atom. The number of ether oxygens (including phenoxy) is 1. The lowest BCUT2D eigenvalue weighted by atomic mass is 10.1. The Hall–Kier alpha value is -3.52. The molecule has 0 amide bonds. The Bertz CT molecular complexity index is 1330. The van der Waals surface area contributed by atoms with Gasteiger partial charge >= 0.3 is 0 Å². The van der Waals surface area contributed by atoms with Crippen LogP contribution in [0.25, 0.3) is 22.3 Å². The molecule has 0 saturated heterocycles. The van der Waals surface area contributed by atoms with Crippen molar-refractivity contribution in [2.24, 2.45) is 7.05 Å². The number of aryl methyl sites for hydroxylation is 1.